The number of hydrogen-bond donors (Lipinski definition) is 0. The highest BCUT2D eigenvalue weighted by Crippen LogP contribution is 2.45. The van der Waals surface area contributed by atoms with Gasteiger partial charge in [-0.15, -0.1) is 0 Å². The van der Waals surface area contributed by atoms with Crippen LogP contribution in [0.25, 0.3) is 22.8 Å². The molecule has 0 aliphatic heterocycles. The van der Waals surface area contributed by atoms with E-state index in [0.717, 1.165) is 27.9 Å². The van der Waals surface area contributed by atoms with Crippen LogP contribution < -0.4 is 5.43 Å². The molecule has 45 heavy (non-hydrogen) atoms. The van der Waals surface area contributed by atoms with Gasteiger partial charge in [-0.05, 0) is 58.7 Å². The van der Waals surface area contributed by atoms with E-state index in [9.17, 15) is 10.1 Å². The van der Waals surface area contributed by atoms with Gasteiger partial charge in [-0.2, -0.15) is 15.5 Å². The van der Waals surface area contributed by atoms with Gasteiger partial charge in [0.2, 0.25) is 5.43 Å². The lowest BCUT2D eigenvalue weighted by Gasteiger charge is -2.37. The molecule has 0 saturated carbocycles. The van der Waals surface area contributed by atoms with Crippen molar-refractivity contribution in [2.45, 2.75) is 5.41 Å². The highest BCUT2D eigenvalue weighted by molar-refractivity contribution is 5.62. The molecule has 7 rings (SSSR count). The monoisotopic (exact) mass is 581 g/mol. The van der Waals surface area contributed by atoms with Crippen LogP contribution in [0.1, 0.15) is 27.8 Å². The molecule has 0 amide bonds. The maximum Gasteiger partial charge on any atom is 0.209 e. The van der Waals surface area contributed by atoms with E-state index in [2.05, 4.69) is 96.1 Å². The molecule has 0 aliphatic carbocycles. The molecule has 0 aliphatic rings. The van der Waals surface area contributed by atoms with Crippen LogP contribution in [0.15, 0.2) is 169 Å². The minimum absolute atomic E-state index is 0.229. The lowest BCUT2D eigenvalue weighted by Crippen LogP contribution is -2.31. The summed E-state index contributed by atoms with van der Waals surface area (Å²) in [6.07, 6.45) is 3.32. The lowest BCUT2D eigenvalue weighted by atomic mass is 9.65. The van der Waals surface area contributed by atoms with E-state index in [1.165, 1.54) is 6.07 Å². The van der Waals surface area contributed by atoms with Gasteiger partial charge in [-0.25, -0.2) is 9.36 Å². The molecule has 6 heteroatoms. The average Bonchev–Trinajstić information content (AvgIpc) is 3.60. The van der Waals surface area contributed by atoms with Gasteiger partial charge in [-0.1, -0.05) is 109 Å². The van der Waals surface area contributed by atoms with Crippen molar-refractivity contribution in [2.24, 2.45) is 0 Å². The van der Waals surface area contributed by atoms with Gasteiger partial charge < -0.3 is 0 Å². The third-order valence-electron chi connectivity index (χ3n) is 8.08. The Morgan fingerprint density at radius 3 is 1.80 bits per heavy atom. The predicted octanol–water partition coefficient (Wildman–Crippen LogP) is 7.34. The quantitative estimate of drug-likeness (QED) is 0.185. The minimum Gasteiger partial charge on any atom is -0.287 e. The summed E-state index contributed by atoms with van der Waals surface area (Å²) in [5, 5.41) is 18.7. The number of hydrogen-bond acceptors (Lipinski definition) is 4. The zero-order valence-corrected chi connectivity index (χ0v) is 24.2. The number of rotatable bonds is 7. The highest BCUT2D eigenvalue weighted by atomic mass is 16.1. The van der Waals surface area contributed by atoms with Crippen LogP contribution in [0, 0.1) is 11.3 Å². The van der Waals surface area contributed by atoms with Gasteiger partial charge in [0.1, 0.15) is 0 Å². The molecule has 0 saturated heterocycles. The molecule has 0 unspecified atom stereocenters. The number of aromatic nitrogens is 4. The van der Waals surface area contributed by atoms with Crippen LogP contribution in [0.4, 0.5) is 0 Å². The highest BCUT2D eigenvalue weighted by Gasteiger charge is 2.38. The van der Waals surface area contributed by atoms with Crippen LogP contribution >= 0.6 is 0 Å². The van der Waals surface area contributed by atoms with Crippen molar-refractivity contribution >= 4 is 0 Å². The molecule has 0 atom stereocenters. The second-order valence-corrected chi connectivity index (χ2v) is 10.7. The van der Waals surface area contributed by atoms with E-state index in [4.69, 9.17) is 5.10 Å². The Kier molecular flexibility index (Phi) is 7.18. The lowest BCUT2D eigenvalue weighted by molar-refractivity contribution is 0.740. The first-order chi connectivity index (χ1) is 22.2. The van der Waals surface area contributed by atoms with Crippen molar-refractivity contribution in [3.05, 3.63) is 202 Å². The molecular weight excluding hydrogens is 554 g/mol. The third-order valence-corrected chi connectivity index (χ3v) is 8.08. The normalized spacial score (nSPS) is 11.2. The van der Waals surface area contributed by atoms with Crippen LogP contribution in [0.2, 0.25) is 0 Å². The first kappa shape index (κ1) is 27.5. The first-order valence-corrected chi connectivity index (χ1v) is 14.6. The fourth-order valence-corrected chi connectivity index (χ4v) is 6.07. The summed E-state index contributed by atoms with van der Waals surface area (Å²) in [6.45, 7) is 0. The molecule has 0 bridgehead atoms. The largest absolute Gasteiger partial charge is 0.287 e. The second kappa shape index (κ2) is 11.8. The fraction of sp³-hybridized carbons (Fsp3) is 0.0256. The smallest absolute Gasteiger partial charge is 0.209 e. The Hall–Kier alpha value is -6.32. The summed E-state index contributed by atoms with van der Waals surface area (Å²) in [4.78, 5) is 13.2. The van der Waals surface area contributed by atoms with Crippen molar-refractivity contribution < 1.29 is 0 Å². The summed E-state index contributed by atoms with van der Waals surface area (Å²) in [5.74, 6) is 0. The second-order valence-electron chi connectivity index (χ2n) is 10.7. The van der Waals surface area contributed by atoms with Crippen molar-refractivity contribution in [3.63, 3.8) is 0 Å². The van der Waals surface area contributed by atoms with E-state index in [1.807, 2.05) is 36.4 Å². The van der Waals surface area contributed by atoms with Crippen molar-refractivity contribution in [2.75, 3.05) is 0 Å². The van der Waals surface area contributed by atoms with Crippen LogP contribution in [0.3, 0.4) is 0 Å². The zero-order valence-electron chi connectivity index (χ0n) is 24.2. The number of nitrogens with zero attached hydrogens (tertiary/aromatic N) is 5. The molecule has 0 fully saturated rings. The molecule has 5 aromatic carbocycles. The van der Waals surface area contributed by atoms with Crippen LogP contribution in [-0.4, -0.2) is 19.6 Å². The minimum atomic E-state index is -0.619. The molecule has 0 N–H and O–H groups in total. The Morgan fingerprint density at radius 2 is 1.18 bits per heavy atom. The Bertz CT molecular complexity index is 2100. The summed E-state index contributed by atoms with van der Waals surface area (Å²) >= 11 is 0. The number of nitriles is 1. The van der Waals surface area contributed by atoms with Crippen LogP contribution in [-0.2, 0) is 5.41 Å². The molecule has 0 radical (unpaired) electrons. The van der Waals surface area contributed by atoms with Gasteiger partial charge in [0.05, 0.1) is 40.3 Å². The molecule has 2 heterocycles. The molecule has 0 spiro atoms. The molecule has 7 aromatic rings. The van der Waals surface area contributed by atoms with E-state index < -0.39 is 5.41 Å². The van der Waals surface area contributed by atoms with Crippen molar-refractivity contribution in [1.82, 2.24) is 19.6 Å². The summed E-state index contributed by atoms with van der Waals surface area (Å²) < 4.78 is 3.37. The third kappa shape index (κ3) is 4.93. The Balaban J connectivity index is 1.41. The number of benzene rings is 5. The molecule has 2 aromatic heterocycles. The van der Waals surface area contributed by atoms with Gasteiger partial charge in [0.25, 0.3) is 0 Å². The van der Waals surface area contributed by atoms with Gasteiger partial charge in [0.15, 0.2) is 5.69 Å². The van der Waals surface area contributed by atoms with Gasteiger partial charge in [0, 0.05) is 12.3 Å². The van der Waals surface area contributed by atoms with E-state index in [-0.39, 0.29) is 11.1 Å². The van der Waals surface area contributed by atoms with E-state index in [1.54, 1.807) is 46.0 Å². The fourth-order valence-electron chi connectivity index (χ4n) is 6.07. The maximum absolute atomic E-state index is 13.2. The topological polar surface area (TPSA) is 76.5 Å². The summed E-state index contributed by atoms with van der Waals surface area (Å²) in [6, 6.07) is 52.4. The Morgan fingerprint density at radius 1 is 0.600 bits per heavy atom. The standard InChI is InChI=1S/C39H27N5O/c40-28-29-12-10-21-35(26-29)44-36(22-24-41-44)38-37(45)23-25-43(42-38)34-20-11-19-33(27-34)39(30-13-4-1-5-14-30,31-15-6-2-7-16-31)32-17-8-3-9-18-32/h1-27H. The molecule has 214 valence electrons. The summed E-state index contributed by atoms with van der Waals surface area (Å²) in [5.41, 5.74) is 6.39. The van der Waals surface area contributed by atoms with E-state index >= 15 is 0 Å². The molecule has 6 nitrogen and oxygen atoms in total. The first-order valence-electron chi connectivity index (χ1n) is 14.6. The van der Waals surface area contributed by atoms with Gasteiger partial charge in [-0.3, -0.25) is 4.79 Å². The Labute approximate surface area is 260 Å². The summed E-state index contributed by atoms with van der Waals surface area (Å²) in [7, 11) is 0. The van der Waals surface area contributed by atoms with Gasteiger partial charge >= 0.3 is 0 Å². The molecular formula is C39H27N5O. The zero-order chi connectivity index (χ0) is 30.6. The van der Waals surface area contributed by atoms with Crippen LogP contribution in [0.5, 0.6) is 0 Å². The van der Waals surface area contributed by atoms with E-state index in [0.29, 0.717) is 16.9 Å². The SMILES string of the molecule is N#Cc1cccc(-n2nccc2-c2nn(-c3cccc(C(c4ccccc4)(c4ccccc4)c4ccccc4)c3)ccc2=O)c1. The van der Waals surface area contributed by atoms with Crippen molar-refractivity contribution in [3.8, 4) is 28.8 Å². The van der Waals surface area contributed by atoms with Crippen molar-refractivity contribution in [1.29, 1.82) is 5.26 Å². The average molecular weight is 582 g/mol. The predicted molar refractivity (Wildman–Crippen MR) is 175 cm³/mol. The maximum atomic E-state index is 13.2.